The fourth-order valence-electron chi connectivity index (χ4n) is 1.63. The van der Waals surface area contributed by atoms with E-state index in [0.29, 0.717) is 22.5 Å². The van der Waals surface area contributed by atoms with Crippen LogP contribution in [0.25, 0.3) is 0 Å². The van der Waals surface area contributed by atoms with Gasteiger partial charge in [-0.1, -0.05) is 0 Å². The Hall–Kier alpha value is -0.920. The van der Waals surface area contributed by atoms with Crippen molar-refractivity contribution in [3.8, 4) is 0 Å². The van der Waals surface area contributed by atoms with Crippen molar-refractivity contribution in [2.24, 2.45) is 0 Å². The summed E-state index contributed by atoms with van der Waals surface area (Å²) in [7, 11) is 0. The van der Waals surface area contributed by atoms with Gasteiger partial charge in [0.25, 0.3) is 5.91 Å². The second-order valence-electron chi connectivity index (χ2n) is 3.53. The van der Waals surface area contributed by atoms with Gasteiger partial charge in [-0.3, -0.25) is 4.79 Å². The topological polar surface area (TPSA) is 66.8 Å². The van der Waals surface area contributed by atoms with Gasteiger partial charge in [0.15, 0.2) is 6.04 Å². The summed E-state index contributed by atoms with van der Waals surface area (Å²) in [6.45, 7) is 0.725. The van der Waals surface area contributed by atoms with Crippen molar-refractivity contribution in [3.63, 3.8) is 0 Å². The predicted octanol–water partition coefficient (Wildman–Crippen LogP) is 1.44. The largest absolute Gasteiger partial charge is 0.480 e. The molecule has 2 heterocycles. The van der Waals surface area contributed by atoms with Gasteiger partial charge in [-0.25, -0.2) is 4.79 Å². The van der Waals surface area contributed by atoms with E-state index in [1.807, 2.05) is 0 Å². The Balaban J connectivity index is 2.23. The van der Waals surface area contributed by atoms with Crippen LogP contribution in [0.2, 0.25) is 0 Å². The van der Waals surface area contributed by atoms with E-state index in [-0.39, 0.29) is 12.5 Å². The molecule has 1 saturated heterocycles. The van der Waals surface area contributed by atoms with Crippen molar-refractivity contribution < 1.29 is 19.4 Å². The number of hydrogen-bond acceptors (Lipinski definition) is 4. The fraction of sp³-hybridized carbons (Fsp3) is 0.400. The van der Waals surface area contributed by atoms with Crippen LogP contribution in [0, 0.1) is 0 Å². The van der Waals surface area contributed by atoms with E-state index in [4.69, 9.17) is 9.84 Å². The number of aliphatic carboxylic acids is 1. The molecule has 7 heteroatoms. The van der Waals surface area contributed by atoms with E-state index in [1.54, 1.807) is 11.4 Å². The van der Waals surface area contributed by atoms with Crippen molar-refractivity contribution >= 4 is 39.1 Å². The zero-order valence-electron chi connectivity index (χ0n) is 8.76. The maximum atomic E-state index is 12.2. The average Bonchev–Trinajstić information content (AvgIpc) is 2.74. The number of carboxylic acids is 1. The summed E-state index contributed by atoms with van der Waals surface area (Å²) in [4.78, 5) is 25.1. The monoisotopic (exact) mass is 319 g/mol. The first-order chi connectivity index (χ1) is 8.11. The first-order valence-electron chi connectivity index (χ1n) is 4.95. The number of rotatable bonds is 2. The first-order valence-corrected chi connectivity index (χ1v) is 6.63. The third-order valence-corrected chi connectivity index (χ3v) is 4.31. The highest BCUT2D eigenvalue weighted by molar-refractivity contribution is 9.10. The van der Waals surface area contributed by atoms with Crippen LogP contribution in [0.5, 0.6) is 0 Å². The maximum Gasteiger partial charge on any atom is 0.328 e. The molecule has 0 aliphatic carbocycles. The van der Waals surface area contributed by atoms with Gasteiger partial charge in [0.2, 0.25) is 0 Å². The summed E-state index contributed by atoms with van der Waals surface area (Å²) in [5.41, 5.74) is 0. The molecule has 0 radical (unpaired) electrons. The van der Waals surface area contributed by atoms with Crippen LogP contribution in [0.4, 0.5) is 0 Å². The van der Waals surface area contributed by atoms with Crippen LogP contribution in [0.3, 0.4) is 0 Å². The van der Waals surface area contributed by atoms with Crippen LogP contribution in [-0.4, -0.2) is 47.7 Å². The van der Waals surface area contributed by atoms with Gasteiger partial charge in [0.05, 0.1) is 13.2 Å². The molecule has 1 aliphatic heterocycles. The number of ether oxygens (including phenoxy) is 1. The van der Waals surface area contributed by atoms with E-state index < -0.39 is 12.0 Å². The molecule has 0 unspecified atom stereocenters. The summed E-state index contributed by atoms with van der Waals surface area (Å²) < 4.78 is 5.79. The van der Waals surface area contributed by atoms with Crippen LogP contribution < -0.4 is 0 Å². The molecule has 0 bridgehead atoms. The van der Waals surface area contributed by atoms with Crippen LogP contribution in [-0.2, 0) is 9.53 Å². The zero-order chi connectivity index (χ0) is 12.4. The third-order valence-electron chi connectivity index (χ3n) is 2.49. The molecule has 0 spiro atoms. The lowest BCUT2D eigenvalue weighted by Gasteiger charge is -2.32. The number of hydrogen-bond donors (Lipinski definition) is 1. The second kappa shape index (κ2) is 5.16. The van der Waals surface area contributed by atoms with Gasteiger partial charge in [-0.15, -0.1) is 11.3 Å². The van der Waals surface area contributed by atoms with Crippen LogP contribution >= 0.6 is 27.3 Å². The van der Waals surface area contributed by atoms with Gasteiger partial charge >= 0.3 is 5.97 Å². The van der Waals surface area contributed by atoms with Crippen molar-refractivity contribution in [3.05, 3.63) is 20.8 Å². The molecule has 1 aromatic rings. The van der Waals surface area contributed by atoms with E-state index in [0.717, 1.165) is 0 Å². The van der Waals surface area contributed by atoms with Crippen molar-refractivity contribution in [1.82, 2.24) is 4.90 Å². The summed E-state index contributed by atoms with van der Waals surface area (Å²) >= 11 is 4.57. The number of carbonyl (C=O) groups excluding carboxylic acids is 1. The standard InChI is InChI=1S/C10H10BrNO4S/c11-6-1-4-17-8(6)9(13)12-2-3-16-5-7(12)10(14)15/h1,4,7H,2-3,5H2,(H,14,15)/t7-/m0/s1. The zero-order valence-corrected chi connectivity index (χ0v) is 11.2. The predicted molar refractivity (Wildman–Crippen MR) is 65.3 cm³/mol. The molecule has 1 amide bonds. The summed E-state index contributed by atoms with van der Waals surface area (Å²) in [6, 6.07) is 0.874. The first kappa shape index (κ1) is 12.5. The lowest BCUT2D eigenvalue weighted by atomic mass is 10.2. The molecule has 1 aliphatic rings. The SMILES string of the molecule is O=C(O)[C@@H]1COCCN1C(=O)c1sccc1Br. The minimum Gasteiger partial charge on any atom is -0.480 e. The molecular weight excluding hydrogens is 310 g/mol. The highest BCUT2D eigenvalue weighted by Gasteiger charge is 2.34. The number of carboxylic acid groups (broad SMARTS) is 1. The Morgan fingerprint density at radius 2 is 2.35 bits per heavy atom. The third kappa shape index (κ3) is 2.51. The smallest absolute Gasteiger partial charge is 0.328 e. The highest BCUT2D eigenvalue weighted by Crippen LogP contribution is 2.25. The maximum absolute atomic E-state index is 12.2. The number of thiophene rings is 1. The average molecular weight is 320 g/mol. The molecular formula is C10H10BrNO4S. The van der Waals surface area contributed by atoms with Crippen LogP contribution in [0.15, 0.2) is 15.9 Å². The molecule has 0 saturated carbocycles. The number of nitrogens with zero attached hydrogens (tertiary/aromatic N) is 1. The van der Waals surface area contributed by atoms with Gasteiger partial charge in [-0.2, -0.15) is 0 Å². The van der Waals surface area contributed by atoms with Gasteiger partial charge < -0.3 is 14.7 Å². The number of morpholine rings is 1. The fourth-order valence-corrected chi connectivity index (χ4v) is 3.12. The molecule has 2 rings (SSSR count). The molecule has 1 atom stereocenters. The lowest BCUT2D eigenvalue weighted by Crippen LogP contribution is -2.52. The van der Waals surface area contributed by atoms with Crippen molar-refractivity contribution in [2.45, 2.75) is 6.04 Å². The quantitative estimate of drug-likeness (QED) is 0.895. The Kier molecular flexibility index (Phi) is 3.80. The van der Waals surface area contributed by atoms with Gasteiger partial charge in [-0.05, 0) is 27.4 Å². The van der Waals surface area contributed by atoms with Crippen LogP contribution in [0.1, 0.15) is 9.67 Å². The molecule has 1 aromatic heterocycles. The Morgan fingerprint density at radius 1 is 1.59 bits per heavy atom. The van der Waals surface area contributed by atoms with E-state index >= 15 is 0 Å². The van der Waals surface area contributed by atoms with E-state index in [2.05, 4.69) is 15.9 Å². The molecule has 0 aromatic carbocycles. The Morgan fingerprint density at radius 3 is 2.94 bits per heavy atom. The second-order valence-corrected chi connectivity index (χ2v) is 5.30. The molecule has 1 N–H and O–H groups in total. The van der Waals surface area contributed by atoms with Crippen molar-refractivity contribution in [2.75, 3.05) is 19.8 Å². The minimum absolute atomic E-state index is 0.0457. The van der Waals surface area contributed by atoms with E-state index in [1.165, 1.54) is 16.2 Å². The number of halogens is 1. The molecule has 1 fully saturated rings. The Labute approximate surface area is 110 Å². The summed E-state index contributed by atoms with van der Waals surface area (Å²) in [5, 5.41) is 10.8. The normalized spacial score (nSPS) is 20.3. The van der Waals surface area contributed by atoms with Gasteiger partial charge in [0, 0.05) is 11.0 Å². The molecule has 5 nitrogen and oxygen atoms in total. The van der Waals surface area contributed by atoms with E-state index in [9.17, 15) is 9.59 Å². The Bertz CT molecular complexity index is 447. The molecule has 92 valence electrons. The summed E-state index contributed by atoms with van der Waals surface area (Å²) in [5.74, 6) is -1.30. The minimum atomic E-state index is -1.04. The van der Waals surface area contributed by atoms with Gasteiger partial charge in [0.1, 0.15) is 4.88 Å². The number of amides is 1. The van der Waals surface area contributed by atoms with Crippen molar-refractivity contribution in [1.29, 1.82) is 0 Å². The summed E-state index contributed by atoms with van der Waals surface area (Å²) in [6.07, 6.45) is 0. The molecule has 17 heavy (non-hydrogen) atoms. The highest BCUT2D eigenvalue weighted by atomic mass is 79.9. The lowest BCUT2D eigenvalue weighted by molar-refractivity contribution is -0.147. The number of carbonyl (C=O) groups is 2.